The second-order valence-electron chi connectivity index (χ2n) is 4.02. The van der Waals surface area contributed by atoms with Gasteiger partial charge in [0.25, 0.3) is 0 Å². The number of hydrogen-bond donors (Lipinski definition) is 2. The van der Waals surface area contributed by atoms with Crippen molar-refractivity contribution in [2.45, 2.75) is 0 Å². The quantitative estimate of drug-likeness (QED) is 0.614. The zero-order chi connectivity index (χ0) is 15.7. The van der Waals surface area contributed by atoms with Gasteiger partial charge in [0.1, 0.15) is 10.8 Å². The van der Waals surface area contributed by atoms with Crippen LogP contribution in [0.3, 0.4) is 0 Å². The van der Waals surface area contributed by atoms with Gasteiger partial charge < -0.3 is 11.1 Å². The number of rotatable bonds is 3. The van der Waals surface area contributed by atoms with Gasteiger partial charge in [-0.05, 0) is 34.1 Å². The van der Waals surface area contributed by atoms with E-state index in [0.29, 0.717) is 6.07 Å². The molecule has 0 bridgehead atoms. The molecule has 2 aromatic rings. The summed E-state index contributed by atoms with van der Waals surface area (Å²) in [6, 6.07) is 3.92. The second-order valence-corrected chi connectivity index (χ2v) is 5.32. The standard InChI is InChI=1S/C13H7BrF4N2S/c14-7-3-5(15)4-8(16)12(7)20-9-2-1-6(13(19)21)10(17)11(9)18/h1-4,20H,(H2,19,21). The summed E-state index contributed by atoms with van der Waals surface area (Å²) in [7, 11) is 0. The van der Waals surface area contributed by atoms with Crippen molar-refractivity contribution < 1.29 is 17.6 Å². The number of nitrogens with two attached hydrogens (primary N) is 1. The third kappa shape index (κ3) is 3.16. The molecule has 2 rings (SSSR count). The van der Waals surface area contributed by atoms with Gasteiger partial charge in [0.05, 0.1) is 11.4 Å². The molecular weight excluding hydrogens is 372 g/mol. The van der Waals surface area contributed by atoms with E-state index >= 15 is 0 Å². The molecule has 0 aliphatic carbocycles. The second kappa shape index (κ2) is 5.98. The lowest BCUT2D eigenvalue weighted by Gasteiger charge is -2.12. The molecule has 8 heteroatoms. The van der Waals surface area contributed by atoms with Crippen LogP contribution in [0.15, 0.2) is 28.7 Å². The predicted octanol–water partition coefficient (Wildman–Crippen LogP) is 4.38. The molecule has 110 valence electrons. The SMILES string of the molecule is NC(=S)c1ccc(Nc2c(F)cc(F)cc2Br)c(F)c1F. The lowest BCUT2D eigenvalue weighted by Crippen LogP contribution is -2.13. The molecule has 0 atom stereocenters. The molecule has 3 N–H and O–H groups in total. The summed E-state index contributed by atoms with van der Waals surface area (Å²) in [5.74, 6) is -4.28. The van der Waals surface area contributed by atoms with E-state index in [-0.39, 0.29) is 26.4 Å². The fourth-order valence-electron chi connectivity index (χ4n) is 1.63. The van der Waals surface area contributed by atoms with Crippen LogP contribution >= 0.6 is 28.1 Å². The van der Waals surface area contributed by atoms with Crippen LogP contribution in [0, 0.1) is 23.3 Å². The van der Waals surface area contributed by atoms with Crippen molar-refractivity contribution in [3.05, 3.63) is 57.6 Å². The lowest BCUT2D eigenvalue weighted by atomic mass is 10.1. The van der Waals surface area contributed by atoms with Gasteiger partial charge in [-0.3, -0.25) is 0 Å². The Morgan fingerprint density at radius 3 is 2.33 bits per heavy atom. The normalized spacial score (nSPS) is 10.5. The molecule has 0 spiro atoms. The maximum Gasteiger partial charge on any atom is 0.182 e. The van der Waals surface area contributed by atoms with Crippen molar-refractivity contribution in [3.8, 4) is 0 Å². The molecule has 0 aliphatic heterocycles. The molecule has 0 saturated carbocycles. The minimum absolute atomic E-state index is 0.0261. The van der Waals surface area contributed by atoms with Crippen LogP contribution in [0.25, 0.3) is 0 Å². The van der Waals surface area contributed by atoms with E-state index < -0.39 is 23.3 Å². The highest BCUT2D eigenvalue weighted by Gasteiger charge is 2.17. The highest BCUT2D eigenvalue weighted by atomic mass is 79.9. The van der Waals surface area contributed by atoms with Crippen molar-refractivity contribution in [2.24, 2.45) is 5.73 Å². The summed E-state index contributed by atoms with van der Waals surface area (Å²) in [4.78, 5) is -0.299. The molecule has 0 fully saturated rings. The number of anilines is 2. The fraction of sp³-hybridized carbons (Fsp3) is 0. The van der Waals surface area contributed by atoms with Gasteiger partial charge >= 0.3 is 0 Å². The van der Waals surface area contributed by atoms with Crippen LogP contribution in [-0.4, -0.2) is 4.99 Å². The van der Waals surface area contributed by atoms with E-state index in [4.69, 9.17) is 5.73 Å². The van der Waals surface area contributed by atoms with E-state index in [1.807, 2.05) is 0 Å². The van der Waals surface area contributed by atoms with Crippen LogP contribution in [0.2, 0.25) is 0 Å². The third-order valence-electron chi connectivity index (χ3n) is 2.61. The van der Waals surface area contributed by atoms with Crippen LogP contribution < -0.4 is 11.1 Å². The van der Waals surface area contributed by atoms with E-state index in [1.165, 1.54) is 6.07 Å². The van der Waals surface area contributed by atoms with E-state index in [0.717, 1.165) is 12.1 Å². The number of halogens is 5. The lowest BCUT2D eigenvalue weighted by molar-refractivity contribution is 0.510. The summed E-state index contributed by atoms with van der Waals surface area (Å²) in [5, 5.41) is 2.36. The molecule has 0 unspecified atom stereocenters. The average molecular weight is 379 g/mol. The zero-order valence-corrected chi connectivity index (χ0v) is 12.6. The van der Waals surface area contributed by atoms with Crippen molar-refractivity contribution in [1.82, 2.24) is 0 Å². The topological polar surface area (TPSA) is 38.0 Å². The van der Waals surface area contributed by atoms with Gasteiger partial charge in [-0.15, -0.1) is 0 Å². The molecule has 2 aromatic carbocycles. The van der Waals surface area contributed by atoms with Crippen molar-refractivity contribution >= 4 is 44.5 Å². The first kappa shape index (κ1) is 15.7. The number of thiocarbonyl (C=S) groups is 1. The average Bonchev–Trinajstić information content (AvgIpc) is 2.38. The highest BCUT2D eigenvalue weighted by molar-refractivity contribution is 9.10. The Balaban J connectivity index is 2.46. The van der Waals surface area contributed by atoms with E-state index in [9.17, 15) is 17.6 Å². The largest absolute Gasteiger partial charge is 0.389 e. The summed E-state index contributed by atoms with van der Waals surface area (Å²) < 4.78 is 54.3. The molecule has 2 nitrogen and oxygen atoms in total. The first-order valence-electron chi connectivity index (χ1n) is 5.50. The molecule has 0 aliphatic rings. The van der Waals surface area contributed by atoms with Gasteiger partial charge in [-0.1, -0.05) is 12.2 Å². The summed E-state index contributed by atoms with van der Waals surface area (Å²) >= 11 is 7.52. The molecule has 0 radical (unpaired) electrons. The van der Waals surface area contributed by atoms with Gasteiger partial charge in [0.2, 0.25) is 0 Å². The van der Waals surface area contributed by atoms with Crippen molar-refractivity contribution in [3.63, 3.8) is 0 Å². The minimum atomic E-state index is -1.27. The molecule has 0 aromatic heterocycles. The Kier molecular flexibility index (Phi) is 4.48. The van der Waals surface area contributed by atoms with E-state index in [2.05, 4.69) is 33.5 Å². The van der Waals surface area contributed by atoms with Crippen LogP contribution in [0.1, 0.15) is 5.56 Å². The zero-order valence-electron chi connectivity index (χ0n) is 10.2. The Morgan fingerprint density at radius 2 is 1.76 bits per heavy atom. The third-order valence-corrected chi connectivity index (χ3v) is 3.46. The first-order valence-corrected chi connectivity index (χ1v) is 6.70. The molecule has 21 heavy (non-hydrogen) atoms. The van der Waals surface area contributed by atoms with Gasteiger partial charge in [-0.25, -0.2) is 17.6 Å². The summed E-state index contributed by atoms with van der Waals surface area (Å²) in [6.45, 7) is 0. The van der Waals surface area contributed by atoms with Gasteiger partial charge in [0.15, 0.2) is 17.5 Å². The van der Waals surface area contributed by atoms with Crippen LogP contribution in [0.5, 0.6) is 0 Å². The van der Waals surface area contributed by atoms with Gasteiger partial charge in [-0.2, -0.15) is 0 Å². The molecule has 0 amide bonds. The minimum Gasteiger partial charge on any atom is -0.389 e. The summed E-state index contributed by atoms with van der Waals surface area (Å²) in [5.41, 5.74) is 4.43. The fourth-order valence-corrected chi connectivity index (χ4v) is 2.30. The monoisotopic (exact) mass is 378 g/mol. The molecule has 0 saturated heterocycles. The van der Waals surface area contributed by atoms with Crippen LogP contribution in [-0.2, 0) is 0 Å². The predicted molar refractivity (Wildman–Crippen MR) is 79.6 cm³/mol. The smallest absolute Gasteiger partial charge is 0.182 e. The highest BCUT2D eigenvalue weighted by Crippen LogP contribution is 2.31. The molecule has 0 heterocycles. The van der Waals surface area contributed by atoms with Crippen molar-refractivity contribution in [2.75, 3.05) is 5.32 Å². The Labute approximate surface area is 131 Å². The van der Waals surface area contributed by atoms with Gasteiger partial charge in [0, 0.05) is 16.1 Å². The maximum absolute atomic E-state index is 13.9. The number of hydrogen-bond acceptors (Lipinski definition) is 2. The Bertz CT molecular complexity index is 713. The van der Waals surface area contributed by atoms with Crippen molar-refractivity contribution in [1.29, 1.82) is 0 Å². The Morgan fingerprint density at radius 1 is 1.10 bits per heavy atom. The number of benzene rings is 2. The van der Waals surface area contributed by atoms with Crippen LogP contribution in [0.4, 0.5) is 28.9 Å². The first-order chi connectivity index (χ1) is 9.81. The van der Waals surface area contributed by atoms with E-state index in [1.54, 1.807) is 0 Å². The summed E-state index contributed by atoms with van der Waals surface area (Å²) in [6.07, 6.45) is 0. The molecular formula is C13H7BrF4N2S. The maximum atomic E-state index is 13.9. The number of nitrogens with one attached hydrogen (secondary N) is 1. The Hall–Kier alpha value is -1.67.